The van der Waals surface area contributed by atoms with Crippen molar-refractivity contribution in [3.8, 4) is 22.3 Å². The molecule has 0 saturated heterocycles. The van der Waals surface area contributed by atoms with Crippen LogP contribution in [0.3, 0.4) is 0 Å². The Morgan fingerprint density at radius 1 is 0.643 bits per heavy atom. The fourth-order valence-electron chi connectivity index (χ4n) is 3.25. The van der Waals surface area contributed by atoms with Crippen molar-refractivity contribution in [3.05, 3.63) is 82.9 Å². The molecule has 0 aliphatic heterocycles. The molecule has 146 valence electrons. The number of rotatable bonds is 6. The third kappa shape index (κ3) is 4.27. The summed E-state index contributed by atoms with van der Waals surface area (Å²) in [6, 6.07) is 11.9. The van der Waals surface area contributed by atoms with Crippen LogP contribution in [0.15, 0.2) is 48.5 Å². The summed E-state index contributed by atoms with van der Waals surface area (Å²) in [6.07, 6.45) is 4.40. The Balaban J connectivity index is 1.92. The Morgan fingerprint density at radius 3 is 1.71 bits per heavy atom. The van der Waals surface area contributed by atoms with Crippen LogP contribution in [0.4, 0.5) is 17.6 Å². The van der Waals surface area contributed by atoms with Gasteiger partial charge in [0, 0.05) is 5.56 Å². The zero-order valence-electron chi connectivity index (χ0n) is 16.0. The fraction of sp³-hybridized carbons (Fsp3) is 0.250. The highest BCUT2D eigenvalue weighted by Crippen LogP contribution is 2.32. The molecule has 0 heterocycles. The van der Waals surface area contributed by atoms with Gasteiger partial charge in [0.25, 0.3) is 0 Å². The van der Waals surface area contributed by atoms with E-state index in [1.54, 1.807) is 0 Å². The van der Waals surface area contributed by atoms with Crippen LogP contribution < -0.4 is 0 Å². The maximum atomic E-state index is 14.6. The Kier molecular flexibility index (Phi) is 6.18. The van der Waals surface area contributed by atoms with Crippen molar-refractivity contribution in [2.75, 3.05) is 0 Å². The lowest BCUT2D eigenvalue weighted by atomic mass is 9.97. The molecule has 0 radical (unpaired) electrons. The van der Waals surface area contributed by atoms with Crippen molar-refractivity contribution < 1.29 is 17.6 Å². The van der Waals surface area contributed by atoms with Crippen LogP contribution in [0.2, 0.25) is 0 Å². The molecule has 3 rings (SSSR count). The van der Waals surface area contributed by atoms with Gasteiger partial charge < -0.3 is 0 Å². The Hall–Kier alpha value is -2.62. The number of unbranched alkanes of at least 4 members (excludes halogenated alkanes) is 2. The van der Waals surface area contributed by atoms with Crippen molar-refractivity contribution in [1.82, 2.24) is 0 Å². The molecule has 4 heteroatoms. The van der Waals surface area contributed by atoms with Gasteiger partial charge in [0.05, 0.1) is 5.56 Å². The van der Waals surface area contributed by atoms with Crippen molar-refractivity contribution in [1.29, 1.82) is 0 Å². The van der Waals surface area contributed by atoms with Crippen LogP contribution in [0.25, 0.3) is 22.3 Å². The minimum absolute atomic E-state index is 0.159. The second-order valence-corrected chi connectivity index (χ2v) is 7.03. The van der Waals surface area contributed by atoms with Gasteiger partial charge >= 0.3 is 0 Å². The summed E-state index contributed by atoms with van der Waals surface area (Å²) >= 11 is 0. The summed E-state index contributed by atoms with van der Waals surface area (Å²) in [5.41, 5.74) is 1.48. The van der Waals surface area contributed by atoms with E-state index in [9.17, 15) is 17.6 Å². The first-order chi connectivity index (χ1) is 13.4. The van der Waals surface area contributed by atoms with Gasteiger partial charge in [-0.1, -0.05) is 44.0 Å². The highest BCUT2D eigenvalue weighted by molar-refractivity contribution is 5.72. The molecule has 0 bridgehead atoms. The summed E-state index contributed by atoms with van der Waals surface area (Å²) < 4.78 is 56.9. The molecule has 0 saturated carbocycles. The number of halogens is 4. The number of hydrogen-bond donors (Lipinski definition) is 0. The maximum absolute atomic E-state index is 14.6. The molecular formula is C24H22F4. The van der Waals surface area contributed by atoms with Crippen molar-refractivity contribution in [2.24, 2.45) is 0 Å². The summed E-state index contributed by atoms with van der Waals surface area (Å²) in [5.74, 6) is -3.39. The average molecular weight is 386 g/mol. The number of aryl methyl sites for hydroxylation is 1. The van der Waals surface area contributed by atoms with E-state index in [0.717, 1.165) is 31.4 Å². The van der Waals surface area contributed by atoms with Gasteiger partial charge in [-0.25, -0.2) is 17.6 Å². The van der Waals surface area contributed by atoms with Crippen molar-refractivity contribution >= 4 is 0 Å². The second kappa shape index (κ2) is 8.59. The first kappa shape index (κ1) is 20.1. The first-order valence-corrected chi connectivity index (χ1v) is 9.45. The highest BCUT2D eigenvalue weighted by Gasteiger charge is 2.17. The summed E-state index contributed by atoms with van der Waals surface area (Å²) in [6.45, 7) is 3.42. The zero-order valence-corrected chi connectivity index (χ0v) is 16.0. The summed E-state index contributed by atoms with van der Waals surface area (Å²) in [4.78, 5) is 0. The van der Waals surface area contributed by atoms with E-state index < -0.39 is 28.8 Å². The SMILES string of the molecule is CCCCCc1ccc(-c2cc(F)c(-c3cc(F)c(C)c(F)c3)c(F)c2)cc1. The fourth-order valence-corrected chi connectivity index (χ4v) is 3.25. The normalized spacial score (nSPS) is 11.1. The predicted molar refractivity (Wildman–Crippen MR) is 105 cm³/mol. The molecule has 0 nitrogen and oxygen atoms in total. The minimum atomic E-state index is -0.857. The quantitative estimate of drug-likeness (QED) is 0.302. The average Bonchev–Trinajstić information content (AvgIpc) is 2.66. The molecule has 3 aromatic rings. The van der Waals surface area contributed by atoms with Crippen molar-refractivity contribution in [3.63, 3.8) is 0 Å². The van der Waals surface area contributed by atoms with Crippen LogP contribution in [-0.4, -0.2) is 0 Å². The lowest BCUT2D eigenvalue weighted by Gasteiger charge is -2.11. The molecule has 0 atom stereocenters. The Bertz CT molecular complexity index is 928. The van der Waals surface area contributed by atoms with Gasteiger partial charge in [-0.3, -0.25) is 0 Å². The molecule has 0 aliphatic carbocycles. The molecule has 28 heavy (non-hydrogen) atoms. The van der Waals surface area contributed by atoms with Crippen LogP contribution >= 0.6 is 0 Å². The summed E-state index contributed by atoms with van der Waals surface area (Å²) in [5, 5.41) is 0. The van der Waals surface area contributed by atoms with Gasteiger partial charge in [0.2, 0.25) is 0 Å². The van der Waals surface area contributed by atoms with E-state index in [2.05, 4.69) is 6.92 Å². The monoisotopic (exact) mass is 386 g/mol. The van der Waals surface area contributed by atoms with Gasteiger partial charge in [-0.15, -0.1) is 0 Å². The molecule has 0 amide bonds. The van der Waals surface area contributed by atoms with E-state index in [-0.39, 0.29) is 11.1 Å². The zero-order chi connectivity index (χ0) is 20.3. The smallest absolute Gasteiger partial charge is 0.134 e. The molecule has 0 fully saturated rings. The highest BCUT2D eigenvalue weighted by atomic mass is 19.1. The molecular weight excluding hydrogens is 364 g/mol. The molecule has 0 unspecified atom stereocenters. The van der Waals surface area contributed by atoms with E-state index in [0.29, 0.717) is 11.1 Å². The summed E-state index contributed by atoms with van der Waals surface area (Å²) in [7, 11) is 0. The molecule has 0 spiro atoms. The van der Waals surface area contributed by atoms with Crippen molar-refractivity contribution in [2.45, 2.75) is 39.5 Å². The van der Waals surface area contributed by atoms with E-state index in [1.165, 1.54) is 31.0 Å². The van der Waals surface area contributed by atoms with E-state index in [1.807, 2.05) is 24.3 Å². The standard InChI is InChI=1S/C24H22F4/c1-3-4-5-6-16-7-9-17(10-8-16)18-11-22(27)24(23(28)12-18)19-13-20(25)15(2)21(26)14-19/h7-14H,3-6H2,1-2H3. The molecule has 3 aromatic carbocycles. The topological polar surface area (TPSA) is 0 Å². The van der Waals surface area contributed by atoms with Gasteiger partial charge in [-0.05, 0) is 66.3 Å². The molecule has 0 aromatic heterocycles. The number of benzene rings is 3. The van der Waals surface area contributed by atoms with Gasteiger partial charge in [-0.2, -0.15) is 0 Å². The predicted octanol–water partition coefficient (Wildman–Crippen LogP) is 7.62. The third-order valence-corrected chi connectivity index (χ3v) is 4.97. The van der Waals surface area contributed by atoms with Crippen LogP contribution in [0.5, 0.6) is 0 Å². The largest absolute Gasteiger partial charge is 0.207 e. The lowest BCUT2D eigenvalue weighted by Crippen LogP contribution is -1.96. The Morgan fingerprint density at radius 2 is 1.18 bits per heavy atom. The third-order valence-electron chi connectivity index (χ3n) is 4.97. The van der Waals surface area contributed by atoms with E-state index >= 15 is 0 Å². The van der Waals surface area contributed by atoms with Crippen LogP contribution in [0, 0.1) is 30.2 Å². The van der Waals surface area contributed by atoms with Gasteiger partial charge in [0.15, 0.2) is 0 Å². The molecule has 0 aliphatic rings. The second-order valence-electron chi connectivity index (χ2n) is 7.03. The Labute approximate surface area is 162 Å². The minimum Gasteiger partial charge on any atom is -0.207 e. The lowest BCUT2D eigenvalue weighted by molar-refractivity contribution is 0.566. The number of hydrogen-bond acceptors (Lipinski definition) is 0. The van der Waals surface area contributed by atoms with Crippen LogP contribution in [0.1, 0.15) is 37.3 Å². The van der Waals surface area contributed by atoms with Gasteiger partial charge in [0.1, 0.15) is 23.3 Å². The molecule has 0 N–H and O–H groups in total. The first-order valence-electron chi connectivity index (χ1n) is 9.45. The van der Waals surface area contributed by atoms with E-state index in [4.69, 9.17) is 0 Å². The maximum Gasteiger partial charge on any atom is 0.134 e. The van der Waals surface area contributed by atoms with Crippen LogP contribution in [-0.2, 0) is 6.42 Å².